The third-order valence-electron chi connectivity index (χ3n) is 3.40. The van der Waals surface area contributed by atoms with Crippen LogP contribution in [0.2, 0.25) is 0 Å². The summed E-state index contributed by atoms with van der Waals surface area (Å²) in [5.74, 6) is 0.0587. The van der Waals surface area contributed by atoms with E-state index in [9.17, 15) is 9.90 Å². The predicted molar refractivity (Wildman–Crippen MR) is 80.3 cm³/mol. The van der Waals surface area contributed by atoms with Gasteiger partial charge in [-0.25, -0.2) is 9.78 Å². The Morgan fingerprint density at radius 1 is 1.35 bits per heavy atom. The van der Waals surface area contributed by atoms with Crippen molar-refractivity contribution in [1.82, 2.24) is 9.55 Å². The zero-order valence-corrected chi connectivity index (χ0v) is 12.6. The molecule has 0 aliphatic rings. The largest absolute Gasteiger partial charge is 0.478 e. The number of fused-ring (bicyclic) bond motifs is 1. The molecular formula is C16H22N2O2. The molecule has 2 aromatic rings. The van der Waals surface area contributed by atoms with E-state index in [-0.39, 0.29) is 5.41 Å². The van der Waals surface area contributed by atoms with Gasteiger partial charge in [-0.05, 0) is 18.6 Å². The molecule has 0 aliphatic carbocycles. The molecule has 1 aromatic heterocycles. The molecule has 4 nitrogen and oxygen atoms in total. The number of carboxylic acids is 1. The maximum absolute atomic E-state index is 11.5. The van der Waals surface area contributed by atoms with Crippen molar-refractivity contribution in [2.45, 2.75) is 52.5 Å². The second kappa shape index (κ2) is 5.27. The molecule has 0 bridgehead atoms. The van der Waals surface area contributed by atoms with E-state index in [2.05, 4.69) is 37.2 Å². The summed E-state index contributed by atoms with van der Waals surface area (Å²) in [5, 5.41) is 9.40. The number of rotatable bonds is 4. The average Bonchev–Trinajstić information content (AvgIpc) is 2.74. The van der Waals surface area contributed by atoms with Crippen molar-refractivity contribution < 1.29 is 9.90 Å². The summed E-state index contributed by atoms with van der Waals surface area (Å²) in [7, 11) is 0. The van der Waals surface area contributed by atoms with Crippen molar-refractivity contribution in [3.63, 3.8) is 0 Å². The second-order valence-corrected chi connectivity index (χ2v) is 6.17. The smallest absolute Gasteiger partial charge is 0.337 e. The number of aromatic carboxylic acids is 1. The molecular weight excluding hydrogens is 252 g/mol. The highest BCUT2D eigenvalue weighted by Crippen LogP contribution is 2.28. The van der Waals surface area contributed by atoms with E-state index in [0.717, 1.165) is 36.2 Å². The molecule has 0 amide bonds. The van der Waals surface area contributed by atoms with Gasteiger partial charge in [0.25, 0.3) is 0 Å². The molecule has 0 fully saturated rings. The van der Waals surface area contributed by atoms with E-state index in [1.54, 1.807) is 12.1 Å². The van der Waals surface area contributed by atoms with Crippen LogP contribution in [0.1, 0.15) is 56.7 Å². The molecule has 0 saturated carbocycles. The lowest BCUT2D eigenvalue weighted by Crippen LogP contribution is -2.19. The van der Waals surface area contributed by atoms with E-state index in [1.165, 1.54) is 0 Å². The van der Waals surface area contributed by atoms with Crippen molar-refractivity contribution in [3.05, 3.63) is 29.6 Å². The summed E-state index contributed by atoms with van der Waals surface area (Å²) >= 11 is 0. The zero-order valence-electron chi connectivity index (χ0n) is 12.6. The van der Waals surface area contributed by atoms with Gasteiger partial charge in [-0.2, -0.15) is 0 Å². The Morgan fingerprint density at radius 3 is 2.60 bits per heavy atom. The molecule has 4 heteroatoms. The van der Waals surface area contributed by atoms with Crippen LogP contribution in [0.5, 0.6) is 0 Å². The fraction of sp³-hybridized carbons (Fsp3) is 0.500. The second-order valence-electron chi connectivity index (χ2n) is 6.17. The monoisotopic (exact) mass is 274 g/mol. The maximum atomic E-state index is 11.5. The first-order valence-electron chi connectivity index (χ1n) is 7.09. The maximum Gasteiger partial charge on any atom is 0.337 e. The Hall–Kier alpha value is -1.84. The lowest BCUT2D eigenvalue weighted by molar-refractivity contribution is 0.0698. The molecule has 20 heavy (non-hydrogen) atoms. The summed E-state index contributed by atoms with van der Waals surface area (Å²) in [6.07, 6.45) is 2.08. The van der Waals surface area contributed by atoms with Crippen LogP contribution in [0.3, 0.4) is 0 Å². The number of para-hydroxylation sites is 1. The van der Waals surface area contributed by atoms with Gasteiger partial charge in [0.05, 0.1) is 16.6 Å². The van der Waals surface area contributed by atoms with Gasteiger partial charge in [-0.1, -0.05) is 40.2 Å². The molecule has 0 radical (unpaired) electrons. The summed E-state index contributed by atoms with van der Waals surface area (Å²) < 4.78 is 2.09. The highest BCUT2D eigenvalue weighted by Gasteiger charge is 2.25. The first kappa shape index (κ1) is 14.6. The van der Waals surface area contributed by atoms with Gasteiger partial charge in [-0.3, -0.25) is 0 Å². The number of nitrogens with zero attached hydrogens (tertiary/aromatic N) is 2. The highest BCUT2D eigenvalue weighted by molar-refractivity contribution is 6.01. The van der Waals surface area contributed by atoms with E-state index < -0.39 is 5.97 Å². The first-order valence-corrected chi connectivity index (χ1v) is 7.09. The van der Waals surface area contributed by atoms with Crippen LogP contribution in [0.15, 0.2) is 18.2 Å². The summed E-state index contributed by atoms with van der Waals surface area (Å²) in [4.78, 5) is 16.1. The van der Waals surface area contributed by atoms with Gasteiger partial charge in [0.1, 0.15) is 5.82 Å². The molecule has 1 N–H and O–H groups in total. The van der Waals surface area contributed by atoms with Crippen LogP contribution in [-0.2, 0) is 12.0 Å². The molecule has 0 unspecified atom stereocenters. The minimum absolute atomic E-state index is 0.109. The van der Waals surface area contributed by atoms with Gasteiger partial charge < -0.3 is 9.67 Å². The summed E-state index contributed by atoms with van der Waals surface area (Å²) in [6.45, 7) is 9.27. The van der Waals surface area contributed by atoms with E-state index in [0.29, 0.717) is 5.56 Å². The number of aromatic nitrogens is 2. The molecule has 108 valence electrons. The number of unbranched alkanes of at least 4 members (excludes halogenated alkanes) is 1. The van der Waals surface area contributed by atoms with Gasteiger partial charge in [-0.15, -0.1) is 0 Å². The van der Waals surface area contributed by atoms with Crippen molar-refractivity contribution >= 4 is 17.0 Å². The molecule has 1 aromatic carbocycles. The zero-order chi connectivity index (χ0) is 14.9. The van der Waals surface area contributed by atoms with Gasteiger partial charge in [0.2, 0.25) is 0 Å². The Balaban J connectivity index is 2.75. The fourth-order valence-corrected chi connectivity index (χ4v) is 2.46. The van der Waals surface area contributed by atoms with E-state index in [1.807, 2.05) is 6.07 Å². The number of hydrogen-bond donors (Lipinski definition) is 1. The number of hydrogen-bond acceptors (Lipinski definition) is 2. The topological polar surface area (TPSA) is 55.1 Å². The van der Waals surface area contributed by atoms with Gasteiger partial charge >= 0.3 is 5.97 Å². The summed E-state index contributed by atoms with van der Waals surface area (Å²) in [6, 6.07) is 5.30. The van der Waals surface area contributed by atoms with Crippen LogP contribution in [0, 0.1) is 0 Å². The molecule has 0 saturated heterocycles. The number of imidazole rings is 1. The molecule has 0 aliphatic heterocycles. The lowest BCUT2D eigenvalue weighted by atomic mass is 9.95. The third kappa shape index (κ3) is 2.55. The first-order chi connectivity index (χ1) is 9.36. The van der Waals surface area contributed by atoms with Crippen LogP contribution in [0.25, 0.3) is 11.0 Å². The van der Waals surface area contributed by atoms with Gasteiger partial charge in [0.15, 0.2) is 0 Å². The number of carboxylic acid groups (broad SMARTS) is 1. The van der Waals surface area contributed by atoms with Crippen molar-refractivity contribution in [3.8, 4) is 0 Å². The highest BCUT2D eigenvalue weighted by atomic mass is 16.4. The average molecular weight is 274 g/mol. The van der Waals surface area contributed by atoms with Crippen molar-refractivity contribution in [1.29, 1.82) is 0 Å². The van der Waals surface area contributed by atoms with Crippen LogP contribution in [0.4, 0.5) is 0 Å². The number of aryl methyl sites for hydroxylation is 1. The minimum Gasteiger partial charge on any atom is -0.478 e. The number of benzene rings is 1. The lowest BCUT2D eigenvalue weighted by Gasteiger charge is -2.20. The van der Waals surface area contributed by atoms with Crippen LogP contribution in [-0.4, -0.2) is 20.6 Å². The van der Waals surface area contributed by atoms with Gasteiger partial charge in [0, 0.05) is 12.0 Å². The van der Waals surface area contributed by atoms with Crippen LogP contribution < -0.4 is 0 Å². The Morgan fingerprint density at radius 2 is 2.05 bits per heavy atom. The third-order valence-corrected chi connectivity index (χ3v) is 3.40. The minimum atomic E-state index is -0.895. The summed E-state index contributed by atoms with van der Waals surface area (Å²) in [5.41, 5.74) is 1.74. The fourth-order valence-electron chi connectivity index (χ4n) is 2.46. The Kier molecular flexibility index (Phi) is 3.84. The Bertz CT molecular complexity index is 636. The van der Waals surface area contributed by atoms with E-state index in [4.69, 9.17) is 0 Å². The van der Waals surface area contributed by atoms with Crippen molar-refractivity contribution in [2.24, 2.45) is 0 Å². The van der Waals surface area contributed by atoms with Crippen LogP contribution >= 0.6 is 0 Å². The number of carbonyl (C=O) groups is 1. The predicted octanol–water partition coefficient (Wildman–Crippen LogP) is 3.83. The van der Waals surface area contributed by atoms with Crippen molar-refractivity contribution in [2.75, 3.05) is 0 Å². The molecule has 0 spiro atoms. The SMILES string of the molecule is CCCCn1c(C(C)(C)C)nc2cccc(C(=O)O)c21. The standard InChI is InChI=1S/C16H22N2O2/c1-5-6-10-18-13-11(14(19)20)8-7-9-12(13)17-15(18)16(2,3)4/h7-9H,5-6,10H2,1-4H3,(H,19,20). The quantitative estimate of drug-likeness (QED) is 0.921. The molecule has 1 heterocycles. The normalized spacial score (nSPS) is 12.0. The van der Waals surface area contributed by atoms with E-state index >= 15 is 0 Å². The Labute approximate surface area is 119 Å². The molecule has 0 atom stereocenters. The molecule has 2 rings (SSSR count).